The zero-order valence-corrected chi connectivity index (χ0v) is 19.4. The molecule has 0 bridgehead atoms. The molecule has 6 nitrogen and oxygen atoms in total. The first-order chi connectivity index (χ1) is 17.7. The molecule has 1 N–H and O–H groups in total. The van der Waals surface area contributed by atoms with E-state index in [-0.39, 0.29) is 12.5 Å². The Kier molecular flexibility index (Phi) is 8.38. The summed E-state index contributed by atoms with van der Waals surface area (Å²) in [6, 6.07) is 33.8. The average molecular weight is 477 g/mol. The summed E-state index contributed by atoms with van der Waals surface area (Å²) in [5.74, 6) is 0.152. The molecule has 0 fully saturated rings. The molecule has 0 aliphatic rings. The van der Waals surface area contributed by atoms with E-state index in [1.54, 1.807) is 30.3 Å². The second kappa shape index (κ2) is 12.5. The van der Waals surface area contributed by atoms with Crippen LogP contribution < -0.4 is 14.9 Å². The highest BCUT2D eigenvalue weighted by Crippen LogP contribution is 2.22. The Morgan fingerprint density at radius 3 is 2.00 bits per heavy atom. The van der Waals surface area contributed by atoms with Crippen LogP contribution in [0.25, 0.3) is 17.2 Å². The fourth-order valence-corrected chi connectivity index (χ4v) is 3.23. The van der Waals surface area contributed by atoms with Crippen LogP contribution in [0.3, 0.4) is 0 Å². The number of carbonyl (C=O) groups is 2. The van der Waals surface area contributed by atoms with E-state index >= 15 is 0 Å². The van der Waals surface area contributed by atoms with Gasteiger partial charge >= 0.3 is 5.97 Å². The van der Waals surface area contributed by atoms with Crippen molar-refractivity contribution in [2.45, 2.75) is 0 Å². The van der Waals surface area contributed by atoms with Crippen LogP contribution in [0.1, 0.15) is 11.1 Å². The third kappa shape index (κ3) is 7.53. The summed E-state index contributed by atoms with van der Waals surface area (Å²) in [5, 5.41) is 3.94. The van der Waals surface area contributed by atoms with E-state index in [4.69, 9.17) is 9.47 Å². The van der Waals surface area contributed by atoms with Crippen molar-refractivity contribution >= 4 is 24.2 Å². The van der Waals surface area contributed by atoms with Crippen molar-refractivity contribution in [2.24, 2.45) is 5.10 Å². The van der Waals surface area contributed by atoms with E-state index in [9.17, 15) is 9.59 Å². The maximum absolute atomic E-state index is 12.0. The number of hydrogen-bond acceptors (Lipinski definition) is 5. The molecule has 0 spiro atoms. The lowest BCUT2D eigenvalue weighted by atomic mass is 10.1. The maximum atomic E-state index is 12.0. The zero-order valence-electron chi connectivity index (χ0n) is 19.4. The number of esters is 1. The van der Waals surface area contributed by atoms with Crippen LogP contribution >= 0.6 is 0 Å². The molecule has 4 aromatic rings. The normalized spacial score (nSPS) is 10.9. The van der Waals surface area contributed by atoms with Gasteiger partial charge in [0, 0.05) is 6.08 Å². The van der Waals surface area contributed by atoms with Crippen molar-refractivity contribution in [1.82, 2.24) is 5.43 Å². The Bertz CT molecular complexity index is 1330. The van der Waals surface area contributed by atoms with Crippen LogP contribution in [0.15, 0.2) is 120 Å². The van der Waals surface area contributed by atoms with Crippen LogP contribution in [0.2, 0.25) is 0 Å². The second-order valence-electron chi connectivity index (χ2n) is 7.71. The fraction of sp³-hybridized carbons (Fsp3) is 0.0333. The summed E-state index contributed by atoms with van der Waals surface area (Å²) in [4.78, 5) is 24.0. The van der Waals surface area contributed by atoms with Crippen LogP contribution in [-0.4, -0.2) is 24.7 Å². The minimum Gasteiger partial charge on any atom is -0.484 e. The Balaban J connectivity index is 1.19. The fourth-order valence-electron chi connectivity index (χ4n) is 3.23. The topological polar surface area (TPSA) is 77.0 Å². The van der Waals surface area contributed by atoms with Gasteiger partial charge in [0.1, 0.15) is 11.5 Å². The van der Waals surface area contributed by atoms with E-state index < -0.39 is 5.97 Å². The quantitative estimate of drug-likeness (QED) is 0.114. The van der Waals surface area contributed by atoms with Gasteiger partial charge in [-0.15, -0.1) is 0 Å². The molecule has 0 unspecified atom stereocenters. The third-order valence-electron chi connectivity index (χ3n) is 5.04. The van der Waals surface area contributed by atoms with Gasteiger partial charge in [-0.05, 0) is 64.7 Å². The molecule has 4 rings (SSSR count). The molecule has 178 valence electrons. The van der Waals surface area contributed by atoms with Gasteiger partial charge in [-0.1, -0.05) is 72.8 Å². The summed E-state index contributed by atoms with van der Waals surface area (Å²) in [6.07, 6.45) is 4.56. The maximum Gasteiger partial charge on any atom is 0.336 e. The molecule has 0 atom stereocenters. The predicted octanol–water partition coefficient (Wildman–Crippen LogP) is 5.50. The number of hydrogen-bond donors (Lipinski definition) is 1. The van der Waals surface area contributed by atoms with Crippen molar-refractivity contribution in [3.63, 3.8) is 0 Å². The Labute approximate surface area is 209 Å². The van der Waals surface area contributed by atoms with Crippen LogP contribution in [-0.2, 0) is 9.59 Å². The molecule has 0 radical (unpaired) electrons. The molecular formula is C30H24N2O4. The van der Waals surface area contributed by atoms with Gasteiger partial charge in [-0.25, -0.2) is 10.2 Å². The summed E-state index contributed by atoms with van der Waals surface area (Å²) < 4.78 is 10.8. The smallest absolute Gasteiger partial charge is 0.336 e. The van der Waals surface area contributed by atoms with E-state index in [1.807, 2.05) is 84.9 Å². The average Bonchev–Trinajstić information content (AvgIpc) is 2.93. The van der Waals surface area contributed by atoms with Crippen LogP contribution in [0, 0.1) is 0 Å². The largest absolute Gasteiger partial charge is 0.484 e. The second-order valence-corrected chi connectivity index (χ2v) is 7.71. The van der Waals surface area contributed by atoms with Crippen LogP contribution in [0.4, 0.5) is 0 Å². The molecule has 0 saturated carbocycles. The van der Waals surface area contributed by atoms with E-state index in [2.05, 4.69) is 10.5 Å². The van der Waals surface area contributed by atoms with Crippen molar-refractivity contribution in [1.29, 1.82) is 0 Å². The molecule has 36 heavy (non-hydrogen) atoms. The third-order valence-corrected chi connectivity index (χ3v) is 5.04. The van der Waals surface area contributed by atoms with Gasteiger partial charge in [0.25, 0.3) is 5.91 Å². The number of ether oxygens (including phenoxy) is 2. The lowest BCUT2D eigenvalue weighted by Gasteiger charge is -2.06. The van der Waals surface area contributed by atoms with E-state index in [0.29, 0.717) is 11.5 Å². The molecule has 1 amide bonds. The van der Waals surface area contributed by atoms with E-state index in [1.165, 1.54) is 12.3 Å². The van der Waals surface area contributed by atoms with Gasteiger partial charge in [0.15, 0.2) is 6.61 Å². The standard InChI is InChI=1S/C30H24N2O4/c33-29(22-35-27-18-14-26(15-19-27)25-9-5-2-6-10-25)32-31-21-24-11-16-28(17-12-24)36-30(34)20-13-23-7-3-1-4-8-23/h1-21H,22H2,(H,32,33). The predicted molar refractivity (Wildman–Crippen MR) is 141 cm³/mol. The zero-order chi connectivity index (χ0) is 25.0. The van der Waals surface area contributed by atoms with Gasteiger partial charge in [0.05, 0.1) is 6.21 Å². The minimum atomic E-state index is -0.470. The first-order valence-electron chi connectivity index (χ1n) is 11.3. The number of rotatable bonds is 9. The highest BCUT2D eigenvalue weighted by Gasteiger charge is 2.03. The first-order valence-corrected chi connectivity index (χ1v) is 11.3. The van der Waals surface area contributed by atoms with Crippen molar-refractivity contribution < 1.29 is 19.1 Å². The Morgan fingerprint density at radius 1 is 0.694 bits per heavy atom. The first kappa shape index (κ1) is 24.2. The van der Waals surface area contributed by atoms with Gasteiger partial charge in [0.2, 0.25) is 0 Å². The van der Waals surface area contributed by atoms with Gasteiger partial charge in [-0.2, -0.15) is 5.10 Å². The minimum absolute atomic E-state index is 0.159. The molecule has 0 saturated heterocycles. The van der Waals surface area contributed by atoms with Crippen molar-refractivity contribution in [3.8, 4) is 22.6 Å². The lowest BCUT2D eigenvalue weighted by molar-refractivity contribution is -0.129. The number of benzene rings is 4. The number of nitrogens with zero attached hydrogens (tertiary/aromatic N) is 1. The Morgan fingerprint density at radius 2 is 1.31 bits per heavy atom. The lowest BCUT2D eigenvalue weighted by Crippen LogP contribution is -2.24. The molecule has 0 aliphatic carbocycles. The van der Waals surface area contributed by atoms with Gasteiger partial charge < -0.3 is 9.47 Å². The Hall–Kier alpha value is -4.97. The number of amides is 1. The van der Waals surface area contributed by atoms with E-state index in [0.717, 1.165) is 22.3 Å². The summed E-state index contributed by atoms with van der Waals surface area (Å²) in [5.41, 5.74) is 6.25. The van der Waals surface area contributed by atoms with Crippen LogP contribution in [0.5, 0.6) is 11.5 Å². The summed E-state index contributed by atoms with van der Waals surface area (Å²) >= 11 is 0. The molecule has 0 heterocycles. The number of hydrazone groups is 1. The highest BCUT2D eigenvalue weighted by atomic mass is 16.5. The summed E-state index contributed by atoms with van der Waals surface area (Å²) in [7, 11) is 0. The number of nitrogens with one attached hydrogen (secondary N) is 1. The van der Waals surface area contributed by atoms with Crippen molar-refractivity contribution in [3.05, 3.63) is 126 Å². The highest BCUT2D eigenvalue weighted by molar-refractivity contribution is 5.89. The van der Waals surface area contributed by atoms with Crippen molar-refractivity contribution in [2.75, 3.05) is 6.61 Å². The van der Waals surface area contributed by atoms with Gasteiger partial charge in [-0.3, -0.25) is 4.79 Å². The molecule has 4 aromatic carbocycles. The number of carbonyl (C=O) groups excluding carboxylic acids is 2. The molecule has 0 aliphatic heterocycles. The SMILES string of the molecule is O=C(COc1ccc(-c2ccccc2)cc1)NN=Cc1ccc(OC(=O)C=Cc2ccccc2)cc1. The molecule has 0 aromatic heterocycles. The summed E-state index contributed by atoms with van der Waals surface area (Å²) in [6.45, 7) is -0.159. The monoisotopic (exact) mass is 476 g/mol. The molecule has 6 heteroatoms. The molecular weight excluding hydrogens is 452 g/mol.